The zero-order chi connectivity index (χ0) is 12.9. The van der Waals surface area contributed by atoms with Gasteiger partial charge in [-0.3, -0.25) is 0 Å². The maximum absolute atomic E-state index is 5.83. The van der Waals surface area contributed by atoms with Crippen LogP contribution in [0, 0.1) is 0 Å². The van der Waals surface area contributed by atoms with E-state index in [-0.39, 0.29) is 0 Å². The average Bonchev–Trinajstić information content (AvgIpc) is 2.32. The molecule has 1 aromatic carbocycles. The molecule has 0 aliphatic carbocycles. The molecule has 0 amide bonds. The smallest absolute Gasteiger partial charge is 0.142 e. The monoisotopic (exact) mass is 238 g/mol. The first-order valence-electron chi connectivity index (χ1n) is 6.12. The van der Waals surface area contributed by atoms with E-state index in [9.17, 15) is 0 Å². The molecule has 0 aliphatic heterocycles. The second-order valence-electron chi connectivity index (χ2n) is 4.62. The molecule has 4 heteroatoms. The van der Waals surface area contributed by atoms with E-state index < -0.39 is 0 Å². The summed E-state index contributed by atoms with van der Waals surface area (Å²) >= 11 is 0. The fourth-order valence-electron chi connectivity index (χ4n) is 1.61. The van der Waals surface area contributed by atoms with Gasteiger partial charge in [0.15, 0.2) is 0 Å². The van der Waals surface area contributed by atoms with Crippen LogP contribution >= 0.6 is 0 Å². The van der Waals surface area contributed by atoms with Crippen LogP contribution in [-0.4, -0.2) is 37.8 Å². The summed E-state index contributed by atoms with van der Waals surface area (Å²) in [4.78, 5) is 0. The van der Waals surface area contributed by atoms with Gasteiger partial charge in [-0.2, -0.15) is 0 Å². The molecular weight excluding hydrogens is 214 g/mol. The van der Waals surface area contributed by atoms with Gasteiger partial charge in [0.25, 0.3) is 0 Å². The highest BCUT2D eigenvalue weighted by Crippen LogP contribution is 2.23. The molecule has 0 saturated carbocycles. The van der Waals surface area contributed by atoms with Crippen molar-refractivity contribution >= 4 is 11.4 Å². The van der Waals surface area contributed by atoms with Gasteiger partial charge in [0.1, 0.15) is 18.9 Å². The van der Waals surface area contributed by atoms with Crippen LogP contribution in [0.4, 0.5) is 11.4 Å². The van der Waals surface area contributed by atoms with Gasteiger partial charge in [-0.05, 0) is 32.0 Å². The fourth-order valence-corrected chi connectivity index (χ4v) is 1.61. The van der Waals surface area contributed by atoms with Crippen molar-refractivity contribution in [2.45, 2.75) is 13.8 Å². The predicted molar refractivity (Wildman–Crippen MR) is 72.9 cm³/mol. The van der Waals surface area contributed by atoms with Crippen LogP contribution in [0.5, 0.6) is 5.75 Å². The van der Waals surface area contributed by atoms with Crippen LogP contribution < -0.4 is 16.2 Å². The summed E-state index contributed by atoms with van der Waals surface area (Å²) in [7, 11) is 2.23. The molecule has 17 heavy (non-hydrogen) atoms. The Bertz CT molecular complexity index is 362. The molecule has 96 valence electrons. The Balaban J connectivity index is 2.51. The number of nitrogens with zero attached hydrogens (tertiary/aromatic N) is 1. The third-order valence-electron chi connectivity index (χ3n) is 3.45. The Morgan fingerprint density at radius 1 is 1.18 bits per heavy atom. The van der Waals surface area contributed by atoms with E-state index in [1.807, 2.05) is 6.07 Å². The topological polar surface area (TPSA) is 61.3 Å². The van der Waals surface area contributed by atoms with Gasteiger partial charge in [0.05, 0.1) is 25.8 Å². The van der Waals surface area contributed by atoms with E-state index in [4.69, 9.17) is 16.2 Å². The van der Waals surface area contributed by atoms with Crippen LogP contribution in [0.2, 0.25) is 0 Å². The maximum Gasteiger partial charge on any atom is 0.142 e. The lowest BCUT2D eigenvalue weighted by atomic mass is 10.2. The van der Waals surface area contributed by atoms with Crippen LogP contribution in [0.15, 0.2) is 18.2 Å². The molecule has 0 unspecified atom stereocenters. The minimum absolute atomic E-state index is 0.604. The third kappa shape index (κ3) is 3.82. The van der Waals surface area contributed by atoms with Crippen LogP contribution in [0.1, 0.15) is 13.8 Å². The summed E-state index contributed by atoms with van der Waals surface area (Å²) in [6.45, 7) is 8.26. The molecule has 1 rings (SSSR count). The van der Waals surface area contributed by atoms with E-state index in [0.717, 1.165) is 29.9 Å². The second-order valence-corrected chi connectivity index (χ2v) is 4.62. The fraction of sp³-hybridized carbons (Fsp3) is 0.538. The largest absolute Gasteiger partial charge is 0.486 e. The Labute approximate surface area is 104 Å². The van der Waals surface area contributed by atoms with Gasteiger partial charge in [-0.1, -0.05) is 0 Å². The Hall–Kier alpha value is -1.42. The number of rotatable bonds is 6. The number of benzene rings is 1. The molecule has 0 fully saturated rings. The summed E-state index contributed by atoms with van der Waals surface area (Å²) < 4.78 is 6.70. The van der Waals surface area contributed by atoms with Crippen LogP contribution in [0.25, 0.3) is 0 Å². The summed E-state index contributed by atoms with van der Waals surface area (Å²) in [5, 5.41) is 0. The highest BCUT2D eigenvalue weighted by atomic mass is 16.5. The Morgan fingerprint density at radius 3 is 2.35 bits per heavy atom. The predicted octanol–water partition coefficient (Wildman–Crippen LogP) is 1.72. The molecule has 0 atom stereocenters. The van der Waals surface area contributed by atoms with Crippen molar-refractivity contribution in [3.8, 4) is 5.75 Å². The van der Waals surface area contributed by atoms with Crippen molar-refractivity contribution in [3.63, 3.8) is 0 Å². The third-order valence-corrected chi connectivity index (χ3v) is 3.45. The quantitative estimate of drug-likeness (QED) is 0.586. The number of likely N-dealkylation sites (N-methyl/N-ethyl adjacent to an activating group) is 1. The molecule has 0 radical (unpaired) electrons. The second kappa shape index (κ2) is 5.77. The number of nitrogen functional groups attached to an aromatic ring is 2. The van der Waals surface area contributed by atoms with Gasteiger partial charge in [0.2, 0.25) is 0 Å². The molecule has 0 bridgehead atoms. The van der Waals surface area contributed by atoms with Crippen molar-refractivity contribution in [2.75, 3.05) is 44.8 Å². The molecule has 0 aliphatic rings. The van der Waals surface area contributed by atoms with E-state index in [2.05, 4.69) is 20.9 Å². The zero-order valence-corrected chi connectivity index (χ0v) is 11.1. The number of anilines is 2. The molecule has 1 aromatic rings. The summed E-state index contributed by atoms with van der Waals surface area (Å²) in [6.07, 6.45) is 0. The molecule has 0 aromatic heterocycles. The highest BCUT2D eigenvalue weighted by Gasteiger charge is 2.16. The standard InChI is InChI=1S/C13H24N3O/c1-4-16(3,5-2)8-9-17-13-7-6-11(14)10-12(13)15/h6-7,10H,4-5,8-9,14-15H2,1-3H3/q+1. The van der Waals surface area contributed by atoms with Gasteiger partial charge in [-0.25, -0.2) is 0 Å². The first-order chi connectivity index (χ1) is 8.00. The maximum atomic E-state index is 5.83. The SMILES string of the molecule is CC[N+](C)(CC)CCOc1ccc(N)cc1N. The number of nitrogens with two attached hydrogens (primary N) is 2. The minimum atomic E-state index is 0.604. The van der Waals surface area contributed by atoms with Crippen molar-refractivity contribution < 1.29 is 9.22 Å². The normalized spacial score (nSPS) is 11.5. The number of hydrogen-bond acceptors (Lipinski definition) is 3. The van der Waals surface area contributed by atoms with Crippen molar-refractivity contribution in [3.05, 3.63) is 18.2 Å². The lowest BCUT2D eigenvalue weighted by molar-refractivity contribution is -0.906. The van der Waals surface area contributed by atoms with Crippen molar-refractivity contribution in [1.29, 1.82) is 0 Å². The highest BCUT2D eigenvalue weighted by molar-refractivity contribution is 5.60. The zero-order valence-electron chi connectivity index (χ0n) is 11.1. The first-order valence-corrected chi connectivity index (χ1v) is 6.12. The summed E-state index contributed by atoms with van der Waals surface area (Å²) in [5.74, 6) is 0.720. The van der Waals surface area contributed by atoms with Crippen LogP contribution in [0.3, 0.4) is 0 Å². The lowest BCUT2D eigenvalue weighted by Gasteiger charge is -2.31. The lowest BCUT2D eigenvalue weighted by Crippen LogP contribution is -2.46. The van der Waals surface area contributed by atoms with E-state index >= 15 is 0 Å². The number of ether oxygens (including phenoxy) is 1. The van der Waals surface area contributed by atoms with Crippen LogP contribution in [-0.2, 0) is 0 Å². The van der Waals surface area contributed by atoms with E-state index in [1.54, 1.807) is 12.1 Å². The van der Waals surface area contributed by atoms with Gasteiger partial charge >= 0.3 is 0 Å². The summed E-state index contributed by atoms with van der Waals surface area (Å²) in [6, 6.07) is 5.36. The van der Waals surface area contributed by atoms with Gasteiger partial charge in [0, 0.05) is 5.69 Å². The molecular formula is C13H24N3O+. The van der Waals surface area contributed by atoms with Crippen molar-refractivity contribution in [2.24, 2.45) is 0 Å². The molecule has 0 saturated heterocycles. The summed E-state index contributed by atoms with van der Waals surface area (Å²) in [5.41, 5.74) is 12.7. The van der Waals surface area contributed by atoms with E-state index in [1.165, 1.54) is 0 Å². The first kappa shape index (κ1) is 13.6. The Morgan fingerprint density at radius 2 is 1.82 bits per heavy atom. The molecule has 0 spiro atoms. The number of quaternary nitrogens is 1. The van der Waals surface area contributed by atoms with Gasteiger partial charge in [-0.15, -0.1) is 0 Å². The number of hydrogen-bond donors (Lipinski definition) is 2. The molecule has 4 nitrogen and oxygen atoms in total. The van der Waals surface area contributed by atoms with E-state index in [0.29, 0.717) is 18.0 Å². The van der Waals surface area contributed by atoms with Crippen molar-refractivity contribution in [1.82, 2.24) is 0 Å². The molecule has 0 heterocycles. The Kier molecular flexibility index (Phi) is 4.63. The van der Waals surface area contributed by atoms with Gasteiger partial charge < -0.3 is 20.7 Å². The average molecular weight is 238 g/mol. The molecule has 4 N–H and O–H groups in total. The minimum Gasteiger partial charge on any atom is -0.486 e.